The monoisotopic (exact) mass is 257 g/mol. The summed E-state index contributed by atoms with van der Waals surface area (Å²) in [6.07, 6.45) is 3.44. The molecular weight excluding hydrogens is 253 g/mol. The number of hydrogen-bond acceptors (Lipinski definition) is 3. The topological polar surface area (TPSA) is 38.7 Å². The highest BCUT2D eigenvalue weighted by molar-refractivity contribution is 14.1. The van der Waals surface area contributed by atoms with E-state index in [2.05, 4.69) is 37.5 Å². The number of halogens is 1. The van der Waals surface area contributed by atoms with E-state index in [1.807, 2.05) is 12.1 Å². The Kier molecular flexibility index (Phi) is 1.69. The van der Waals surface area contributed by atoms with E-state index in [9.17, 15) is 0 Å². The molecule has 0 saturated heterocycles. The van der Waals surface area contributed by atoms with Gasteiger partial charge in [-0.15, -0.1) is 0 Å². The van der Waals surface area contributed by atoms with E-state index in [4.69, 9.17) is 0 Å². The molecule has 4 heteroatoms. The second-order valence-electron chi connectivity index (χ2n) is 2.04. The summed E-state index contributed by atoms with van der Waals surface area (Å²) in [7, 11) is 0. The molecule has 3 nitrogen and oxygen atoms in total. The Hall–Kier alpha value is -0.780. The number of aromatic nitrogens is 3. The lowest BCUT2D eigenvalue weighted by atomic mass is 10.4. The molecule has 2 aromatic heterocycles. The second kappa shape index (κ2) is 2.69. The standard InChI is InChI=1S/C7H4IN3/c8-6-4-10-5-2-1-3-9-7(5)11-6/h1-4H. The van der Waals surface area contributed by atoms with Crippen LogP contribution in [-0.4, -0.2) is 15.0 Å². The number of fused-ring (bicyclic) bond motifs is 1. The zero-order valence-electron chi connectivity index (χ0n) is 5.53. The van der Waals surface area contributed by atoms with Gasteiger partial charge in [0.25, 0.3) is 0 Å². The van der Waals surface area contributed by atoms with Crippen LogP contribution < -0.4 is 0 Å². The van der Waals surface area contributed by atoms with Crippen LogP contribution in [0.25, 0.3) is 11.2 Å². The van der Waals surface area contributed by atoms with Crippen molar-refractivity contribution < 1.29 is 0 Å². The zero-order chi connectivity index (χ0) is 7.68. The second-order valence-corrected chi connectivity index (χ2v) is 3.14. The van der Waals surface area contributed by atoms with Crippen LogP contribution in [0.2, 0.25) is 0 Å². The Morgan fingerprint density at radius 2 is 2.18 bits per heavy atom. The van der Waals surface area contributed by atoms with Crippen molar-refractivity contribution in [3.05, 3.63) is 28.2 Å². The average Bonchev–Trinajstić information content (AvgIpc) is 2.04. The molecule has 0 spiro atoms. The van der Waals surface area contributed by atoms with Crippen LogP contribution in [0, 0.1) is 3.70 Å². The van der Waals surface area contributed by atoms with Crippen LogP contribution in [0.4, 0.5) is 0 Å². The highest BCUT2D eigenvalue weighted by atomic mass is 127. The number of hydrogen-bond donors (Lipinski definition) is 0. The molecule has 0 aliphatic carbocycles. The quantitative estimate of drug-likeness (QED) is 0.673. The molecule has 0 atom stereocenters. The maximum atomic E-state index is 4.19. The van der Waals surface area contributed by atoms with E-state index in [-0.39, 0.29) is 0 Å². The minimum Gasteiger partial charge on any atom is -0.250 e. The first-order valence-corrected chi connectivity index (χ1v) is 4.17. The molecule has 0 fully saturated rings. The first-order valence-electron chi connectivity index (χ1n) is 3.09. The molecule has 0 saturated carbocycles. The van der Waals surface area contributed by atoms with E-state index in [1.54, 1.807) is 12.4 Å². The Morgan fingerprint density at radius 1 is 1.27 bits per heavy atom. The van der Waals surface area contributed by atoms with Gasteiger partial charge in [-0.3, -0.25) is 4.98 Å². The Labute approximate surface area is 77.0 Å². The summed E-state index contributed by atoms with van der Waals surface area (Å²) >= 11 is 2.11. The van der Waals surface area contributed by atoms with Crippen molar-refractivity contribution >= 4 is 33.8 Å². The number of rotatable bonds is 0. The van der Waals surface area contributed by atoms with Crippen molar-refractivity contribution in [3.8, 4) is 0 Å². The molecule has 0 amide bonds. The molecule has 0 unspecified atom stereocenters. The average molecular weight is 257 g/mol. The van der Waals surface area contributed by atoms with E-state index in [0.29, 0.717) is 5.65 Å². The number of nitrogens with zero attached hydrogens (tertiary/aromatic N) is 3. The number of pyridine rings is 1. The van der Waals surface area contributed by atoms with Crippen LogP contribution in [0.3, 0.4) is 0 Å². The summed E-state index contributed by atoms with van der Waals surface area (Å²) < 4.78 is 0.869. The van der Waals surface area contributed by atoms with Crippen LogP contribution in [0.1, 0.15) is 0 Å². The summed E-state index contributed by atoms with van der Waals surface area (Å²) in [6, 6.07) is 3.75. The normalized spacial score (nSPS) is 10.3. The van der Waals surface area contributed by atoms with Gasteiger partial charge in [-0.05, 0) is 34.7 Å². The fourth-order valence-corrected chi connectivity index (χ4v) is 1.20. The minimum atomic E-state index is 0.708. The van der Waals surface area contributed by atoms with Crippen molar-refractivity contribution in [2.24, 2.45) is 0 Å². The van der Waals surface area contributed by atoms with Crippen molar-refractivity contribution in [1.29, 1.82) is 0 Å². The van der Waals surface area contributed by atoms with Gasteiger partial charge in [0.1, 0.15) is 9.22 Å². The lowest BCUT2D eigenvalue weighted by Gasteiger charge is -1.93. The molecule has 54 valence electrons. The third-order valence-corrected chi connectivity index (χ3v) is 1.81. The Bertz CT molecular complexity index is 388. The fraction of sp³-hybridized carbons (Fsp3) is 0. The molecule has 0 N–H and O–H groups in total. The van der Waals surface area contributed by atoms with Crippen LogP contribution >= 0.6 is 22.6 Å². The van der Waals surface area contributed by atoms with E-state index < -0.39 is 0 Å². The molecule has 0 aliphatic rings. The first kappa shape index (κ1) is 6.90. The first-order chi connectivity index (χ1) is 5.36. The van der Waals surface area contributed by atoms with Crippen molar-refractivity contribution in [3.63, 3.8) is 0 Å². The molecule has 11 heavy (non-hydrogen) atoms. The smallest absolute Gasteiger partial charge is 0.179 e. The third-order valence-electron chi connectivity index (χ3n) is 1.29. The molecule has 0 aromatic carbocycles. The SMILES string of the molecule is Ic1cnc2cccnc2n1. The predicted octanol–water partition coefficient (Wildman–Crippen LogP) is 1.63. The van der Waals surface area contributed by atoms with Gasteiger partial charge in [0.15, 0.2) is 5.65 Å². The van der Waals surface area contributed by atoms with Gasteiger partial charge in [0.2, 0.25) is 0 Å². The lowest BCUT2D eigenvalue weighted by Crippen LogP contribution is -1.88. The van der Waals surface area contributed by atoms with Crippen molar-refractivity contribution in [1.82, 2.24) is 15.0 Å². The Balaban J connectivity index is 2.83. The summed E-state index contributed by atoms with van der Waals surface area (Å²) in [4.78, 5) is 12.4. The van der Waals surface area contributed by atoms with Crippen LogP contribution in [0.5, 0.6) is 0 Å². The van der Waals surface area contributed by atoms with Gasteiger partial charge >= 0.3 is 0 Å². The molecule has 2 aromatic rings. The summed E-state index contributed by atoms with van der Waals surface area (Å²) in [5.41, 5.74) is 1.55. The van der Waals surface area contributed by atoms with Gasteiger partial charge in [-0.25, -0.2) is 9.97 Å². The maximum Gasteiger partial charge on any atom is 0.179 e. The lowest BCUT2D eigenvalue weighted by molar-refractivity contribution is 1.19. The zero-order valence-corrected chi connectivity index (χ0v) is 7.69. The van der Waals surface area contributed by atoms with Gasteiger partial charge in [-0.1, -0.05) is 0 Å². The van der Waals surface area contributed by atoms with Crippen LogP contribution in [-0.2, 0) is 0 Å². The molecular formula is C7H4IN3. The third kappa shape index (κ3) is 1.30. The Morgan fingerprint density at radius 3 is 3.09 bits per heavy atom. The molecule has 2 rings (SSSR count). The van der Waals surface area contributed by atoms with Gasteiger partial charge in [0.05, 0.1) is 6.20 Å². The fourth-order valence-electron chi connectivity index (χ4n) is 0.828. The minimum absolute atomic E-state index is 0.708. The highest BCUT2D eigenvalue weighted by Crippen LogP contribution is 2.06. The maximum absolute atomic E-state index is 4.19. The van der Waals surface area contributed by atoms with Gasteiger partial charge in [0, 0.05) is 6.20 Å². The predicted molar refractivity (Wildman–Crippen MR) is 50.1 cm³/mol. The van der Waals surface area contributed by atoms with E-state index >= 15 is 0 Å². The molecule has 0 aliphatic heterocycles. The van der Waals surface area contributed by atoms with E-state index in [0.717, 1.165) is 9.22 Å². The largest absolute Gasteiger partial charge is 0.250 e. The van der Waals surface area contributed by atoms with Crippen molar-refractivity contribution in [2.75, 3.05) is 0 Å². The van der Waals surface area contributed by atoms with Gasteiger partial charge in [-0.2, -0.15) is 0 Å². The summed E-state index contributed by atoms with van der Waals surface area (Å²) in [5.74, 6) is 0. The molecule has 2 heterocycles. The highest BCUT2D eigenvalue weighted by Gasteiger charge is 1.95. The summed E-state index contributed by atoms with van der Waals surface area (Å²) in [6.45, 7) is 0. The summed E-state index contributed by atoms with van der Waals surface area (Å²) in [5, 5.41) is 0. The van der Waals surface area contributed by atoms with Crippen molar-refractivity contribution in [2.45, 2.75) is 0 Å². The van der Waals surface area contributed by atoms with Gasteiger partial charge < -0.3 is 0 Å². The molecule has 0 radical (unpaired) electrons. The van der Waals surface area contributed by atoms with Crippen LogP contribution in [0.15, 0.2) is 24.5 Å². The molecule has 0 bridgehead atoms. The van der Waals surface area contributed by atoms with E-state index in [1.165, 1.54) is 0 Å².